The minimum Gasteiger partial charge on any atom is -0.368 e. The Hall–Kier alpha value is -3.20. The van der Waals surface area contributed by atoms with Crippen LogP contribution < -0.4 is 5.32 Å². The highest BCUT2D eigenvalue weighted by Crippen LogP contribution is 2.26. The third-order valence-corrected chi connectivity index (χ3v) is 4.24. The van der Waals surface area contributed by atoms with Gasteiger partial charge in [-0.15, -0.1) is 0 Å². The van der Waals surface area contributed by atoms with Crippen molar-refractivity contribution < 1.29 is 14.1 Å². The number of nitrogens with one attached hydrogen (secondary N) is 1. The molecule has 3 aromatic heterocycles. The topological polar surface area (TPSA) is 116 Å². The molecular weight excluding hydrogens is 348 g/mol. The van der Waals surface area contributed by atoms with E-state index >= 15 is 0 Å². The highest BCUT2D eigenvalue weighted by Gasteiger charge is 2.24. The number of carbonyl (C=O) groups excluding carboxylic acids is 1. The second kappa shape index (κ2) is 7.58. The molecule has 4 rings (SSSR count). The van der Waals surface area contributed by atoms with Crippen molar-refractivity contribution in [3.8, 4) is 11.4 Å². The minimum atomic E-state index is -0.297. The van der Waals surface area contributed by atoms with Crippen LogP contribution in [-0.4, -0.2) is 37.6 Å². The average Bonchev–Trinajstić information content (AvgIpc) is 3.38. The van der Waals surface area contributed by atoms with Gasteiger partial charge in [0, 0.05) is 30.8 Å². The van der Waals surface area contributed by atoms with Crippen molar-refractivity contribution in [1.82, 2.24) is 30.4 Å². The van der Waals surface area contributed by atoms with Gasteiger partial charge < -0.3 is 14.6 Å². The van der Waals surface area contributed by atoms with Gasteiger partial charge in [0.15, 0.2) is 11.6 Å². The first-order chi connectivity index (χ1) is 13.2. The first-order valence-corrected chi connectivity index (χ1v) is 8.67. The average molecular weight is 366 g/mol. The normalized spacial score (nSPS) is 16.4. The van der Waals surface area contributed by atoms with Crippen molar-refractivity contribution in [3.05, 3.63) is 53.7 Å². The van der Waals surface area contributed by atoms with Gasteiger partial charge in [-0.1, -0.05) is 5.16 Å². The van der Waals surface area contributed by atoms with Crippen LogP contribution in [0.4, 0.5) is 0 Å². The number of aryl methyl sites for hydroxylation is 1. The number of hydrogen-bond acceptors (Lipinski definition) is 8. The summed E-state index contributed by atoms with van der Waals surface area (Å²) < 4.78 is 10.7. The fourth-order valence-corrected chi connectivity index (χ4v) is 2.82. The van der Waals surface area contributed by atoms with Gasteiger partial charge in [-0.3, -0.25) is 9.78 Å². The molecule has 0 spiro atoms. The quantitative estimate of drug-likeness (QED) is 0.729. The predicted octanol–water partition coefficient (Wildman–Crippen LogP) is 2.01. The molecule has 1 amide bonds. The molecule has 0 unspecified atom stereocenters. The smallest absolute Gasteiger partial charge is 0.255 e. The lowest BCUT2D eigenvalue weighted by molar-refractivity contribution is 0.0835. The summed E-state index contributed by atoms with van der Waals surface area (Å²) in [6, 6.07) is 3.67. The molecule has 4 heterocycles. The zero-order valence-electron chi connectivity index (χ0n) is 14.8. The molecule has 3 aromatic rings. The largest absolute Gasteiger partial charge is 0.368 e. The van der Waals surface area contributed by atoms with Crippen LogP contribution in [0.1, 0.15) is 46.7 Å². The molecule has 1 atom stereocenters. The first-order valence-electron chi connectivity index (χ1n) is 8.67. The van der Waals surface area contributed by atoms with Gasteiger partial charge in [-0.05, 0) is 31.9 Å². The molecule has 1 aliphatic rings. The maximum Gasteiger partial charge on any atom is 0.255 e. The van der Waals surface area contributed by atoms with Crippen molar-refractivity contribution in [2.24, 2.45) is 0 Å². The standard InChI is InChI=1S/C18H18N6O3/c1-11-13(9-20-16(22-11)12-4-2-6-19-8-12)17(25)21-10-15-23-18(27-24-15)14-5-3-7-26-14/h2,4,6,8-9,14H,3,5,7,10H2,1H3,(H,21,25)/t14-/m0/s1. The third-order valence-electron chi connectivity index (χ3n) is 4.24. The van der Waals surface area contributed by atoms with Crippen LogP contribution in [0.5, 0.6) is 0 Å². The second-order valence-electron chi connectivity index (χ2n) is 6.17. The van der Waals surface area contributed by atoms with E-state index in [1.807, 2.05) is 12.1 Å². The zero-order chi connectivity index (χ0) is 18.6. The summed E-state index contributed by atoms with van der Waals surface area (Å²) in [5.41, 5.74) is 1.76. The Bertz CT molecular complexity index is 937. The highest BCUT2D eigenvalue weighted by molar-refractivity contribution is 5.94. The van der Waals surface area contributed by atoms with Crippen LogP contribution in [0.2, 0.25) is 0 Å². The summed E-state index contributed by atoms with van der Waals surface area (Å²) in [4.78, 5) is 29.4. The fraction of sp³-hybridized carbons (Fsp3) is 0.333. The molecule has 138 valence electrons. The molecule has 9 heteroatoms. The lowest BCUT2D eigenvalue weighted by atomic mass is 10.2. The Morgan fingerprint density at radius 3 is 3.00 bits per heavy atom. The Balaban J connectivity index is 1.41. The van der Waals surface area contributed by atoms with Gasteiger partial charge in [0.2, 0.25) is 0 Å². The number of amides is 1. The van der Waals surface area contributed by atoms with Crippen molar-refractivity contribution in [1.29, 1.82) is 0 Å². The van der Waals surface area contributed by atoms with E-state index in [1.165, 1.54) is 6.20 Å². The van der Waals surface area contributed by atoms with Crippen LogP contribution in [0.15, 0.2) is 35.2 Å². The molecule has 27 heavy (non-hydrogen) atoms. The molecule has 0 aromatic carbocycles. The van der Waals surface area contributed by atoms with Crippen LogP contribution in [0.3, 0.4) is 0 Å². The predicted molar refractivity (Wildman–Crippen MR) is 93.4 cm³/mol. The van der Waals surface area contributed by atoms with Gasteiger partial charge in [0.25, 0.3) is 11.8 Å². The molecule has 0 radical (unpaired) electrons. The molecule has 1 fully saturated rings. The van der Waals surface area contributed by atoms with E-state index in [-0.39, 0.29) is 18.6 Å². The molecule has 0 aliphatic carbocycles. The molecule has 0 bridgehead atoms. The summed E-state index contributed by atoms with van der Waals surface area (Å²) in [5, 5.41) is 6.65. The maximum atomic E-state index is 12.4. The van der Waals surface area contributed by atoms with E-state index < -0.39 is 0 Å². The van der Waals surface area contributed by atoms with E-state index in [4.69, 9.17) is 9.26 Å². The summed E-state index contributed by atoms with van der Waals surface area (Å²) in [5.74, 6) is 1.08. The lowest BCUT2D eigenvalue weighted by Crippen LogP contribution is -2.25. The number of carbonyl (C=O) groups is 1. The van der Waals surface area contributed by atoms with Crippen LogP contribution in [0, 0.1) is 6.92 Å². The van der Waals surface area contributed by atoms with Gasteiger partial charge in [0.1, 0.15) is 6.10 Å². The third kappa shape index (κ3) is 3.82. The van der Waals surface area contributed by atoms with Gasteiger partial charge in [-0.2, -0.15) is 4.98 Å². The Morgan fingerprint density at radius 2 is 2.26 bits per heavy atom. The molecule has 0 saturated carbocycles. The van der Waals surface area contributed by atoms with E-state index in [9.17, 15) is 4.79 Å². The van der Waals surface area contributed by atoms with Gasteiger partial charge >= 0.3 is 0 Å². The molecule has 1 aliphatic heterocycles. The molecule has 9 nitrogen and oxygen atoms in total. The first kappa shape index (κ1) is 17.2. The van der Waals surface area contributed by atoms with E-state index in [1.54, 1.807) is 19.3 Å². The molecule has 1 saturated heterocycles. The Morgan fingerprint density at radius 1 is 1.33 bits per heavy atom. The van der Waals surface area contributed by atoms with Crippen molar-refractivity contribution in [2.45, 2.75) is 32.4 Å². The number of aromatic nitrogens is 5. The number of rotatable bonds is 5. The Labute approximate surface area is 155 Å². The number of hydrogen-bond donors (Lipinski definition) is 1. The van der Waals surface area contributed by atoms with E-state index in [2.05, 4.69) is 30.4 Å². The summed E-state index contributed by atoms with van der Waals surface area (Å²) in [7, 11) is 0. The maximum absolute atomic E-state index is 12.4. The van der Waals surface area contributed by atoms with E-state index in [0.29, 0.717) is 35.4 Å². The SMILES string of the molecule is Cc1nc(-c2cccnc2)ncc1C(=O)NCc1noc([C@@H]2CCCO2)n1. The van der Waals surface area contributed by atoms with E-state index in [0.717, 1.165) is 18.4 Å². The van der Waals surface area contributed by atoms with Crippen molar-refractivity contribution >= 4 is 5.91 Å². The van der Waals surface area contributed by atoms with Crippen LogP contribution in [0.25, 0.3) is 11.4 Å². The lowest BCUT2D eigenvalue weighted by Gasteiger charge is -2.07. The monoisotopic (exact) mass is 366 g/mol. The van der Waals surface area contributed by atoms with Gasteiger partial charge in [0.05, 0.1) is 17.8 Å². The number of ether oxygens (including phenoxy) is 1. The van der Waals surface area contributed by atoms with Crippen molar-refractivity contribution in [2.75, 3.05) is 6.61 Å². The second-order valence-corrected chi connectivity index (χ2v) is 6.17. The van der Waals surface area contributed by atoms with Crippen LogP contribution in [-0.2, 0) is 11.3 Å². The Kier molecular flexibility index (Phi) is 4.84. The van der Waals surface area contributed by atoms with Gasteiger partial charge in [-0.25, -0.2) is 9.97 Å². The highest BCUT2D eigenvalue weighted by atomic mass is 16.5. The molecule has 1 N–H and O–H groups in total. The zero-order valence-corrected chi connectivity index (χ0v) is 14.8. The summed E-state index contributed by atoms with van der Waals surface area (Å²) >= 11 is 0. The van der Waals surface area contributed by atoms with Crippen LogP contribution >= 0.6 is 0 Å². The number of nitrogens with zero attached hydrogens (tertiary/aromatic N) is 5. The van der Waals surface area contributed by atoms with Crippen molar-refractivity contribution in [3.63, 3.8) is 0 Å². The molecular formula is C18H18N6O3. The summed E-state index contributed by atoms with van der Waals surface area (Å²) in [6.07, 6.45) is 6.57. The fourth-order valence-electron chi connectivity index (χ4n) is 2.82. The summed E-state index contributed by atoms with van der Waals surface area (Å²) in [6.45, 7) is 2.62. The number of pyridine rings is 1. The minimum absolute atomic E-state index is 0.141.